The maximum absolute atomic E-state index is 12.6. The number of hydrogen-bond acceptors (Lipinski definition) is 3. The second-order valence-electron chi connectivity index (χ2n) is 6.52. The molecule has 1 aliphatic rings. The second-order valence-corrected chi connectivity index (χ2v) is 6.52. The molecule has 2 heterocycles. The molecule has 0 unspecified atom stereocenters. The van der Waals surface area contributed by atoms with Crippen LogP contribution in [-0.4, -0.2) is 28.6 Å². The summed E-state index contributed by atoms with van der Waals surface area (Å²) in [5, 5.41) is 1.13. The lowest BCUT2D eigenvalue weighted by molar-refractivity contribution is 0.0913. The van der Waals surface area contributed by atoms with Crippen LogP contribution in [0, 0.1) is 0 Å². The number of nitrogens with two attached hydrogens (primary N) is 1. The molecule has 3 aromatic rings. The Morgan fingerprint density at radius 1 is 1.16 bits per heavy atom. The van der Waals surface area contributed by atoms with Crippen LogP contribution in [0.25, 0.3) is 10.9 Å². The summed E-state index contributed by atoms with van der Waals surface area (Å²) in [4.78, 5) is 17.7. The number of nitrogens with zero attached hydrogens (tertiary/aromatic N) is 1. The van der Waals surface area contributed by atoms with E-state index in [0.717, 1.165) is 28.6 Å². The molecule has 1 aliphatic heterocycles. The van der Waals surface area contributed by atoms with Gasteiger partial charge in [0.2, 0.25) is 0 Å². The van der Waals surface area contributed by atoms with Gasteiger partial charge in [-0.3, -0.25) is 4.90 Å². The predicted octanol–water partition coefficient (Wildman–Crippen LogP) is 3.58. The lowest BCUT2D eigenvalue weighted by atomic mass is 10.1. The topological polar surface area (TPSA) is 71.4 Å². The van der Waals surface area contributed by atoms with Gasteiger partial charge in [-0.25, -0.2) is 4.79 Å². The van der Waals surface area contributed by atoms with Gasteiger partial charge >= 0.3 is 6.09 Å². The van der Waals surface area contributed by atoms with E-state index in [4.69, 9.17) is 10.5 Å². The molecule has 5 heteroatoms. The van der Waals surface area contributed by atoms with Gasteiger partial charge in [0.1, 0.15) is 6.61 Å². The van der Waals surface area contributed by atoms with E-state index >= 15 is 0 Å². The van der Waals surface area contributed by atoms with E-state index in [9.17, 15) is 4.79 Å². The van der Waals surface area contributed by atoms with Crippen LogP contribution in [0.15, 0.2) is 60.7 Å². The monoisotopic (exact) mass is 335 g/mol. The fourth-order valence-electron chi connectivity index (χ4n) is 3.44. The summed E-state index contributed by atoms with van der Waals surface area (Å²) in [6.07, 6.45) is 0.410. The number of benzene rings is 2. The first kappa shape index (κ1) is 15.7. The maximum atomic E-state index is 12.6. The SMILES string of the molecule is N[C@H]1C[C@@H](c2cc3ccccc3[nH]2)N(C(=O)OCc2ccccc2)C1. The van der Waals surface area contributed by atoms with Gasteiger partial charge in [-0.05, 0) is 29.5 Å². The van der Waals surface area contributed by atoms with Crippen LogP contribution in [0.3, 0.4) is 0 Å². The number of ether oxygens (including phenoxy) is 1. The van der Waals surface area contributed by atoms with E-state index in [1.807, 2.05) is 48.5 Å². The molecule has 0 bridgehead atoms. The molecule has 0 radical (unpaired) electrons. The fourth-order valence-corrected chi connectivity index (χ4v) is 3.44. The Hall–Kier alpha value is -2.79. The first-order valence-electron chi connectivity index (χ1n) is 8.51. The summed E-state index contributed by atoms with van der Waals surface area (Å²) in [6, 6.07) is 19.8. The van der Waals surface area contributed by atoms with Gasteiger partial charge in [-0.1, -0.05) is 48.5 Å². The largest absolute Gasteiger partial charge is 0.445 e. The number of rotatable bonds is 3. The van der Waals surface area contributed by atoms with Gasteiger partial charge < -0.3 is 15.5 Å². The summed E-state index contributed by atoms with van der Waals surface area (Å²) in [5.74, 6) is 0. The highest BCUT2D eigenvalue weighted by atomic mass is 16.6. The average Bonchev–Trinajstić information content (AvgIpc) is 3.23. The van der Waals surface area contributed by atoms with Crippen LogP contribution in [0.5, 0.6) is 0 Å². The van der Waals surface area contributed by atoms with Crippen LogP contribution >= 0.6 is 0 Å². The second kappa shape index (κ2) is 6.61. The van der Waals surface area contributed by atoms with Gasteiger partial charge in [0.05, 0.1) is 6.04 Å². The van der Waals surface area contributed by atoms with E-state index in [0.29, 0.717) is 6.54 Å². The van der Waals surface area contributed by atoms with Crippen molar-refractivity contribution in [3.63, 3.8) is 0 Å². The van der Waals surface area contributed by atoms with Crippen molar-refractivity contribution in [3.05, 3.63) is 71.9 Å². The predicted molar refractivity (Wildman–Crippen MR) is 97.0 cm³/mol. The molecule has 4 rings (SSSR count). The first-order valence-corrected chi connectivity index (χ1v) is 8.51. The van der Waals surface area contributed by atoms with Crippen LogP contribution in [-0.2, 0) is 11.3 Å². The first-order chi connectivity index (χ1) is 12.2. The number of H-pyrrole nitrogens is 1. The van der Waals surface area contributed by atoms with E-state index in [1.54, 1.807) is 4.90 Å². The van der Waals surface area contributed by atoms with Crippen LogP contribution in [0.1, 0.15) is 23.7 Å². The van der Waals surface area contributed by atoms with Crippen molar-refractivity contribution < 1.29 is 9.53 Å². The normalized spacial score (nSPS) is 20.1. The third-order valence-electron chi connectivity index (χ3n) is 4.68. The number of fused-ring (bicyclic) bond motifs is 1. The third-order valence-corrected chi connectivity index (χ3v) is 4.68. The standard InChI is InChI=1S/C20H21N3O2/c21-16-11-19(18-10-15-8-4-5-9-17(15)22-18)23(12-16)20(24)25-13-14-6-2-1-3-7-14/h1-10,16,19,22H,11-13,21H2/t16-,19-/m0/s1. The average molecular weight is 335 g/mol. The highest BCUT2D eigenvalue weighted by molar-refractivity contribution is 5.80. The van der Waals surface area contributed by atoms with Gasteiger partial charge in [0.15, 0.2) is 0 Å². The zero-order chi connectivity index (χ0) is 17.2. The molecule has 5 nitrogen and oxygen atoms in total. The third kappa shape index (κ3) is 3.23. The van der Waals surface area contributed by atoms with Gasteiger partial charge in [-0.15, -0.1) is 0 Å². The number of aromatic amines is 1. The van der Waals surface area contributed by atoms with Gasteiger partial charge in [-0.2, -0.15) is 0 Å². The number of nitrogens with one attached hydrogen (secondary N) is 1. The van der Waals surface area contributed by atoms with Crippen molar-refractivity contribution in [1.82, 2.24) is 9.88 Å². The number of carbonyl (C=O) groups is 1. The summed E-state index contributed by atoms with van der Waals surface area (Å²) in [5.41, 5.74) is 9.17. The highest BCUT2D eigenvalue weighted by Gasteiger charge is 2.36. The summed E-state index contributed by atoms with van der Waals surface area (Å²) in [7, 11) is 0. The van der Waals surface area contributed by atoms with Crippen molar-refractivity contribution in [1.29, 1.82) is 0 Å². The quantitative estimate of drug-likeness (QED) is 0.768. The number of amides is 1. The van der Waals surface area contributed by atoms with Crippen molar-refractivity contribution in [3.8, 4) is 0 Å². The Morgan fingerprint density at radius 2 is 1.92 bits per heavy atom. The van der Waals surface area contributed by atoms with Crippen molar-refractivity contribution in [2.45, 2.75) is 25.1 Å². The molecule has 3 N–H and O–H groups in total. The molecule has 1 aromatic heterocycles. The minimum Gasteiger partial charge on any atom is -0.445 e. The molecule has 25 heavy (non-hydrogen) atoms. The summed E-state index contributed by atoms with van der Waals surface area (Å²) < 4.78 is 5.50. The Morgan fingerprint density at radius 3 is 2.72 bits per heavy atom. The number of hydrogen-bond donors (Lipinski definition) is 2. The molecule has 0 spiro atoms. The molecule has 2 atom stereocenters. The molecule has 1 saturated heterocycles. The molecule has 0 aliphatic carbocycles. The molecule has 128 valence electrons. The number of aromatic nitrogens is 1. The van der Waals surface area contributed by atoms with E-state index < -0.39 is 0 Å². The highest BCUT2D eigenvalue weighted by Crippen LogP contribution is 2.33. The molecular weight excluding hydrogens is 314 g/mol. The summed E-state index contributed by atoms with van der Waals surface area (Å²) >= 11 is 0. The number of para-hydroxylation sites is 1. The Labute approximate surface area is 146 Å². The van der Waals surface area contributed by atoms with Crippen molar-refractivity contribution in [2.24, 2.45) is 5.73 Å². The van der Waals surface area contributed by atoms with Crippen LogP contribution in [0.4, 0.5) is 4.79 Å². The molecule has 1 fully saturated rings. The van der Waals surface area contributed by atoms with Crippen LogP contribution < -0.4 is 5.73 Å². The summed E-state index contributed by atoms with van der Waals surface area (Å²) in [6.45, 7) is 0.776. The lowest BCUT2D eigenvalue weighted by Crippen LogP contribution is -2.33. The zero-order valence-corrected chi connectivity index (χ0v) is 13.9. The molecular formula is C20H21N3O2. The van der Waals surface area contributed by atoms with E-state index in [1.165, 1.54) is 0 Å². The number of likely N-dealkylation sites (tertiary alicyclic amines) is 1. The Bertz CT molecular complexity index is 842. The minimum absolute atomic E-state index is 0.0410. The van der Waals surface area contributed by atoms with Crippen molar-refractivity contribution in [2.75, 3.05) is 6.54 Å². The lowest BCUT2D eigenvalue weighted by Gasteiger charge is -2.23. The smallest absolute Gasteiger partial charge is 0.410 e. The van der Waals surface area contributed by atoms with E-state index in [2.05, 4.69) is 17.1 Å². The van der Waals surface area contributed by atoms with Gasteiger partial charge in [0, 0.05) is 23.8 Å². The fraction of sp³-hybridized carbons (Fsp3) is 0.250. The van der Waals surface area contributed by atoms with E-state index in [-0.39, 0.29) is 24.8 Å². The molecule has 2 aromatic carbocycles. The zero-order valence-electron chi connectivity index (χ0n) is 13.9. The Balaban J connectivity index is 1.51. The van der Waals surface area contributed by atoms with Crippen molar-refractivity contribution >= 4 is 17.0 Å². The van der Waals surface area contributed by atoms with Crippen LogP contribution in [0.2, 0.25) is 0 Å². The number of carbonyl (C=O) groups excluding carboxylic acids is 1. The molecule has 1 amide bonds. The maximum Gasteiger partial charge on any atom is 0.410 e. The molecule has 0 saturated carbocycles. The minimum atomic E-state index is -0.319. The van der Waals surface area contributed by atoms with Gasteiger partial charge in [0.25, 0.3) is 0 Å². The Kier molecular flexibility index (Phi) is 4.15.